The van der Waals surface area contributed by atoms with Gasteiger partial charge in [0.1, 0.15) is 5.75 Å². The fourth-order valence-corrected chi connectivity index (χ4v) is 2.35. The highest BCUT2D eigenvalue weighted by atomic mass is 35.5. The number of halogens is 1. The highest BCUT2D eigenvalue weighted by Gasteiger charge is 2.18. The minimum Gasteiger partial charge on any atom is -0.495 e. The molecule has 1 unspecified atom stereocenters. The lowest BCUT2D eigenvalue weighted by Gasteiger charge is -2.17. The zero-order chi connectivity index (χ0) is 14.0. The summed E-state index contributed by atoms with van der Waals surface area (Å²) < 4.78 is 7.14. The molecule has 1 N–H and O–H groups in total. The van der Waals surface area contributed by atoms with Crippen molar-refractivity contribution in [2.24, 2.45) is 7.05 Å². The van der Waals surface area contributed by atoms with Gasteiger partial charge in [-0.25, -0.2) is 0 Å². The normalized spacial score (nSPS) is 12.5. The summed E-state index contributed by atoms with van der Waals surface area (Å²) in [5.74, 6) is 0.681. The van der Waals surface area contributed by atoms with Crippen LogP contribution in [0.2, 0.25) is 5.02 Å². The van der Waals surface area contributed by atoms with Crippen LogP contribution in [0.15, 0.2) is 24.4 Å². The minimum atomic E-state index is 0.0693. The Balaban J connectivity index is 2.45. The average Bonchev–Trinajstić information content (AvgIpc) is 2.74. The Bertz CT molecular complexity index is 580. The Hall–Kier alpha value is -1.52. The van der Waals surface area contributed by atoms with Gasteiger partial charge in [-0.3, -0.25) is 4.68 Å². The average molecular weight is 280 g/mol. The highest BCUT2D eigenvalue weighted by molar-refractivity contribution is 6.32. The van der Waals surface area contributed by atoms with Crippen LogP contribution < -0.4 is 10.1 Å². The van der Waals surface area contributed by atoms with E-state index in [1.165, 1.54) is 0 Å². The first-order chi connectivity index (χ1) is 9.08. The molecule has 0 radical (unpaired) electrons. The summed E-state index contributed by atoms with van der Waals surface area (Å²) in [6.45, 7) is 2.06. The molecular weight excluding hydrogens is 262 g/mol. The lowest BCUT2D eigenvalue weighted by Crippen LogP contribution is -2.18. The zero-order valence-electron chi connectivity index (χ0n) is 11.6. The molecule has 0 aliphatic heterocycles. The maximum atomic E-state index is 6.06. The molecule has 1 atom stereocenters. The third kappa shape index (κ3) is 2.60. The summed E-state index contributed by atoms with van der Waals surface area (Å²) in [6.07, 6.45) is 1.89. The molecule has 0 spiro atoms. The number of hydrogen-bond acceptors (Lipinski definition) is 3. The molecule has 1 heterocycles. The summed E-state index contributed by atoms with van der Waals surface area (Å²) in [5, 5.41) is 8.21. The van der Waals surface area contributed by atoms with Gasteiger partial charge in [-0.15, -0.1) is 0 Å². The number of ether oxygens (including phenoxy) is 1. The van der Waals surface area contributed by atoms with E-state index in [1.807, 2.05) is 43.2 Å². The van der Waals surface area contributed by atoms with Crippen molar-refractivity contribution < 1.29 is 4.74 Å². The van der Waals surface area contributed by atoms with Crippen molar-refractivity contribution in [3.8, 4) is 5.75 Å². The van der Waals surface area contributed by atoms with Crippen molar-refractivity contribution in [3.05, 3.63) is 46.2 Å². The fourth-order valence-electron chi connectivity index (χ4n) is 2.16. The van der Waals surface area contributed by atoms with Gasteiger partial charge >= 0.3 is 0 Å². The van der Waals surface area contributed by atoms with Crippen LogP contribution in [0.5, 0.6) is 5.75 Å². The van der Waals surface area contributed by atoms with Crippen molar-refractivity contribution in [1.82, 2.24) is 15.1 Å². The van der Waals surface area contributed by atoms with Gasteiger partial charge < -0.3 is 10.1 Å². The molecule has 0 bridgehead atoms. The number of aromatic nitrogens is 2. The van der Waals surface area contributed by atoms with E-state index in [-0.39, 0.29) is 6.04 Å². The van der Waals surface area contributed by atoms with Crippen LogP contribution in [-0.4, -0.2) is 23.9 Å². The first-order valence-corrected chi connectivity index (χ1v) is 6.45. The number of hydrogen-bond donors (Lipinski definition) is 1. The highest BCUT2D eigenvalue weighted by Crippen LogP contribution is 2.31. The van der Waals surface area contributed by atoms with Crippen LogP contribution in [-0.2, 0) is 7.05 Å². The number of nitrogens with zero attached hydrogens (tertiary/aromatic N) is 2. The molecule has 0 amide bonds. The van der Waals surface area contributed by atoms with Gasteiger partial charge in [-0.2, -0.15) is 5.10 Å². The summed E-state index contributed by atoms with van der Waals surface area (Å²) in [6, 6.07) is 5.88. The lowest BCUT2D eigenvalue weighted by molar-refractivity contribution is 0.414. The van der Waals surface area contributed by atoms with Crippen molar-refractivity contribution in [2.75, 3.05) is 14.2 Å². The van der Waals surface area contributed by atoms with E-state index in [2.05, 4.69) is 17.3 Å². The predicted molar refractivity (Wildman–Crippen MR) is 76.9 cm³/mol. The van der Waals surface area contributed by atoms with E-state index in [4.69, 9.17) is 16.3 Å². The molecule has 5 heteroatoms. The first kappa shape index (κ1) is 13.9. The van der Waals surface area contributed by atoms with Crippen molar-refractivity contribution in [1.29, 1.82) is 0 Å². The molecule has 1 aromatic heterocycles. The second-order valence-electron chi connectivity index (χ2n) is 4.42. The summed E-state index contributed by atoms with van der Waals surface area (Å²) in [4.78, 5) is 0. The van der Waals surface area contributed by atoms with E-state index in [1.54, 1.807) is 7.11 Å². The van der Waals surface area contributed by atoms with Gasteiger partial charge in [-0.05, 0) is 31.7 Å². The Kier molecular flexibility index (Phi) is 4.12. The van der Waals surface area contributed by atoms with Crippen LogP contribution in [0.4, 0.5) is 0 Å². The van der Waals surface area contributed by atoms with Gasteiger partial charge in [0.05, 0.1) is 24.4 Å². The number of aryl methyl sites for hydroxylation is 1. The van der Waals surface area contributed by atoms with Crippen molar-refractivity contribution in [3.63, 3.8) is 0 Å². The first-order valence-electron chi connectivity index (χ1n) is 6.07. The van der Waals surface area contributed by atoms with Crippen LogP contribution >= 0.6 is 11.6 Å². The van der Waals surface area contributed by atoms with E-state index in [9.17, 15) is 0 Å². The number of methoxy groups -OCH3 is 1. The third-order valence-corrected chi connectivity index (χ3v) is 3.69. The van der Waals surface area contributed by atoms with E-state index in [0.717, 1.165) is 16.8 Å². The van der Waals surface area contributed by atoms with Gasteiger partial charge in [0, 0.05) is 18.3 Å². The van der Waals surface area contributed by atoms with Gasteiger partial charge in [-0.1, -0.05) is 17.7 Å². The van der Waals surface area contributed by atoms with E-state index in [0.29, 0.717) is 10.8 Å². The summed E-state index contributed by atoms with van der Waals surface area (Å²) in [7, 11) is 5.49. The standard InChI is InChI=1S/C14H18ClN3O/c1-9-11(8-17-18(9)3)14(16-2)10-5-6-12(15)13(7-10)19-4/h5-8,14,16H,1-4H3. The summed E-state index contributed by atoms with van der Waals surface area (Å²) >= 11 is 6.06. The summed E-state index contributed by atoms with van der Waals surface area (Å²) in [5.41, 5.74) is 3.38. The van der Waals surface area contributed by atoms with Gasteiger partial charge in [0.15, 0.2) is 0 Å². The topological polar surface area (TPSA) is 39.1 Å². The van der Waals surface area contributed by atoms with Crippen LogP contribution in [0.3, 0.4) is 0 Å². The molecule has 0 saturated heterocycles. The lowest BCUT2D eigenvalue weighted by atomic mass is 9.99. The molecule has 2 aromatic rings. The third-order valence-electron chi connectivity index (χ3n) is 3.38. The second kappa shape index (κ2) is 5.63. The minimum absolute atomic E-state index is 0.0693. The molecule has 0 fully saturated rings. The van der Waals surface area contributed by atoms with Crippen LogP contribution in [0.1, 0.15) is 22.9 Å². The van der Waals surface area contributed by atoms with Crippen LogP contribution in [0, 0.1) is 6.92 Å². The van der Waals surface area contributed by atoms with Crippen molar-refractivity contribution in [2.45, 2.75) is 13.0 Å². The van der Waals surface area contributed by atoms with E-state index >= 15 is 0 Å². The Morgan fingerprint density at radius 3 is 2.68 bits per heavy atom. The molecule has 0 aliphatic carbocycles. The quantitative estimate of drug-likeness (QED) is 0.935. The number of rotatable bonds is 4. The maximum Gasteiger partial charge on any atom is 0.137 e. The molecule has 102 valence electrons. The molecule has 2 rings (SSSR count). The largest absolute Gasteiger partial charge is 0.495 e. The van der Waals surface area contributed by atoms with Gasteiger partial charge in [0.2, 0.25) is 0 Å². The molecule has 1 aromatic carbocycles. The smallest absolute Gasteiger partial charge is 0.137 e. The SMILES string of the molecule is CNC(c1ccc(Cl)c(OC)c1)c1cnn(C)c1C. The number of nitrogens with one attached hydrogen (secondary N) is 1. The fraction of sp³-hybridized carbons (Fsp3) is 0.357. The second-order valence-corrected chi connectivity index (χ2v) is 4.83. The number of benzene rings is 1. The maximum absolute atomic E-state index is 6.06. The van der Waals surface area contributed by atoms with E-state index < -0.39 is 0 Å². The molecule has 4 nitrogen and oxygen atoms in total. The molecular formula is C14H18ClN3O. The predicted octanol–water partition coefficient (Wildman–Crippen LogP) is 2.70. The Labute approximate surface area is 118 Å². The monoisotopic (exact) mass is 279 g/mol. The zero-order valence-corrected chi connectivity index (χ0v) is 12.3. The molecule has 0 aliphatic rings. The Morgan fingerprint density at radius 2 is 2.16 bits per heavy atom. The van der Waals surface area contributed by atoms with Crippen molar-refractivity contribution >= 4 is 11.6 Å². The van der Waals surface area contributed by atoms with Gasteiger partial charge in [0.25, 0.3) is 0 Å². The Morgan fingerprint density at radius 1 is 1.42 bits per heavy atom. The molecule has 19 heavy (non-hydrogen) atoms. The molecule has 0 saturated carbocycles. The van der Waals surface area contributed by atoms with Crippen LogP contribution in [0.25, 0.3) is 0 Å².